The van der Waals surface area contributed by atoms with Crippen LogP contribution < -0.4 is 16.4 Å². The smallest absolute Gasteiger partial charge is 0.226 e. The van der Waals surface area contributed by atoms with Gasteiger partial charge >= 0.3 is 0 Å². The molecule has 0 heterocycles. The maximum absolute atomic E-state index is 13.5. The summed E-state index contributed by atoms with van der Waals surface area (Å²) >= 11 is 0. The Morgan fingerprint density at radius 1 is 1.08 bits per heavy atom. The van der Waals surface area contributed by atoms with Crippen molar-refractivity contribution in [1.29, 1.82) is 0 Å². The summed E-state index contributed by atoms with van der Waals surface area (Å²) in [4.78, 5) is 12.2. The van der Waals surface area contributed by atoms with E-state index < -0.39 is 11.9 Å². The summed E-state index contributed by atoms with van der Waals surface area (Å²) < 4.78 is 13.5. The predicted octanol–water partition coefficient (Wildman–Crippen LogP) is 4.52. The molecule has 0 saturated heterocycles. The Labute approximate surface area is 160 Å². The normalized spacial score (nSPS) is 11.1. The molecule has 4 N–H and O–H groups in total. The second-order valence-corrected chi connectivity index (χ2v) is 5.76. The number of carbonyl (C=O) groups is 1. The topological polar surface area (TPSA) is 67.1 Å². The van der Waals surface area contributed by atoms with Crippen LogP contribution in [0.1, 0.15) is 31.9 Å². The second-order valence-electron chi connectivity index (χ2n) is 5.76. The zero-order valence-corrected chi connectivity index (χ0v) is 15.8. The fourth-order valence-corrected chi connectivity index (χ4v) is 2.28. The zero-order chi connectivity index (χ0) is 16.8. The number of anilines is 2. The van der Waals surface area contributed by atoms with Crippen molar-refractivity contribution < 1.29 is 9.18 Å². The molecule has 0 bridgehead atoms. The number of nitrogens with one attached hydrogen (secondary N) is 2. The van der Waals surface area contributed by atoms with Gasteiger partial charge < -0.3 is 16.4 Å². The van der Waals surface area contributed by atoms with E-state index in [0.29, 0.717) is 11.4 Å². The monoisotopic (exact) mass is 387 g/mol. The van der Waals surface area contributed by atoms with Crippen molar-refractivity contribution in [2.24, 2.45) is 5.73 Å². The second kappa shape index (κ2) is 10.9. The van der Waals surface area contributed by atoms with Crippen molar-refractivity contribution in [1.82, 2.24) is 0 Å². The Morgan fingerprint density at radius 3 is 2.32 bits per heavy atom. The average molecular weight is 388 g/mol. The van der Waals surface area contributed by atoms with Crippen molar-refractivity contribution >= 4 is 42.1 Å². The van der Waals surface area contributed by atoms with E-state index in [1.54, 1.807) is 6.07 Å². The fraction of sp³-hybridized carbons (Fsp3) is 0.278. The molecule has 0 aliphatic carbocycles. The Morgan fingerprint density at radius 2 is 1.72 bits per heavy atom. The first kappa shape index (κ1) is 23.2. The van der Waals surface area contributed by atoms with Gasteiger partial charge in [-0.3, -0.25) is 4.79 Å². The van der Waals surface area contributed by atoms with E-state index in [1.807, 2.05) is 44.2 Å². The lowest BCUT2D eigenvalue weighted by Gasteiger charge is -2.17. The number of nitrogens with two attached hydrogens (primary N) is 1. The highest BCUT2D eigenvalue weighted by Gasteiger charge is 2.14. The summed E-state index contributed by atoms with van der Waals surface area (Å²) in [6.45, 7) is 3.94. The Balaban J connectivity index is 0.00000288. The SMILES string of the molecule is CC(C)Nc1ccc(F)cc1NC(=O)CC(N)c1ccccc1.Cl.Cl. The van der Waals surface area contributed by atoms with Crippen LogP contribution in [0.3, 0.4) is 0 Å². The number of hydrogen-bond acceptors (Lipinski definition) is 3. The van der Waals surface area contributed by atoms with Crippen LogP contribution in [0.25, 0.3) is 0 Å². The molecule has 7 heteroatoms. The lowest BCUT2D eigenvalue weighted by molar-refractivity contribution is -0.116. The minimum absolute atomic E-state index is 0. The first-order valence-electron chi connectivity index (χ1n) is 7.62. The number of benzene rings is 2. The first-order chi connectivity index (χ1) is 11.0. The number of rotatable bonds is 6. The lowest BCUT2D eigenvalue weighted by Crippen LogP contribution is -2.21. The van der Waals surface area contributed by atoms with Crippen molar-refractivity contribution in [3.05, 3.63) is 59.9 Å². The highest BCUT2D eigenvalue weighted by molar-refractivity contribution is 5.94. The average Bonchev–Trinajstić information content (AvgIpc) is 2.50. The number of carbonyl (C=O) groups excluding carboxylic acids is 1. The van der Waals surface area contributed by atoms with Crippen LogP contribution in [-0.2, 0) is 4.79 Å². The molecule has 2 aromatic carbocycles. The molecule has 0 radical (unpaired) electrons. The third-order valence-corrected chi connectivity index (χ3v) is 3.33. The standard InChI is InChI=1S/C18H22FN3O.2ClH/c1-12(2)21-16-9-8-14(19)10-17(16)22-18(23)11-15(20)13-6-4-3-5-7-13;;/h3-10,12,15,21H,11,20H2,1-2H3,(H,22,23);2*1H. The molecule has 2 rings (SSSR count). The van der Waals surface area contributed by atoms with Crippen LogP contribution in [0.5, 0.6) is 0 Å². The van der Waals surface area contributed by atoms with Crippen LogP contribution in [0.4, 0.5) is 15.8 Å². The summed E-state index contributed by atoms with van der Waals surface area (Å²) in [5.41, 5.74) is 8.04. The van der Waals surface area contributed by atoms with E-state index in [4.69, 9.17) is 5.73 Å². The largest absolute Gasteiger partial charge is 0.381 e. The highest BCUT2D eigenvalue weighted by Crippen LogP contribution is 2.24. The maximum Gasteiger partial charge on any atom is 0.226 e. The maximum atomic E-state index is 13.5. The van der Waals surface area contributed by atoms with Gasteiger partial charge in [0.15, 0.2) is 0 Å². The molecule has 0 aliphatic rings. The van der Waals surface area contributed by atoms with Gasteiger partial charge in [-0.15, -0.1) is 24.8 Å². The molecule has 1 amide bonds. The molecule has 1 unspecified atom stereocenters. The molecule has 1 atom stereocenters. The van der Waals surface area contributed by atoms with Gasteiger partial charge in [-0.05, 0) is 37.6 Å². The van der Waals surface area contributed by atoms with Gasteiger partial charge in [-0.1, -0.05) is 30.3 Å². The Bertz CT molecular complexity index is 669. The van der Waals surface area contributed by atoms with Crippen molar-refractivity contribution in [3.63, 3.8) is 0 Å². The molecule has 138 valence electrons. The Hall–Kier alpha value is -1.82. The zero-order valence-electron chi connectivity index (χ0n) is 14.2. The highest BCUT2D eigenvalue weighted by atomic mass is 35.5. The molecule has 0 spiro atoms. The van der Waals surface area contributed by atoms with Crippen LogP contribution >= 0.6 is 24.8 Å². The van der Waals surface area contributed by atoms with Crippen molar-refractivity contribution in [2.75, 3.05) is 10.6 Å². The van der Waals surface area contributed by atoms with Crippen molar-refractivity contribution in [3.8, 4) is 0 Å². The number of halogens is 3. The van der Waals surface area contributed by atoms with Gasteiger partial charge in [-0.2, -0.15) is 0 Å². The van der Waals surface area contributed by atoms with Crippen LogP contribution in [0, 0.1) is 5.82 Å². The van der Waals surface area contributed by atoms with Crippen LogP contribution in [0.2, 0.25) is 0 Å². The summed E-state index contributed by atoms with van der Waals surface area (Å²) in [6.07, 6.45) is 0.127. The molecule has 0 aliphatic heterocycles. The summed E-state index contributed by atoms with van der Waals surface area (Å²) in [6, 6.07) is 13.5. The quantitative estimate of drug-likeness (QED) is 0.682. The van der Waals surface area contributed by atoms with E-state index in [9.17, 15) is 9.18 Å². The van der Waals surface area contributed by atoms with Crippen LogP contribution in [0.15, 0.2) is 48.5 Å². The molecule has 2 aromatic rings. The molecule has 4 nitrogen and oxygen atoms in total. The van der Waals surface area contributed by atoms with Gasteiger partial charge in [0, 0.05) is 18.5 Å². The van der Waals surface area contributed by atoms with Crippen molar-refractivity contribution in [2.45, 2.75) is 32.4 Å². The minimum atomic E-state index is -0.401. The van der Waals surface area contributed by atoms with Gasteiger partial charge in [0.25, 0.3) is 0 Å². The van der Waals surface area contributed by atoms with Gasteiger partial charge in [0.05, 0.1) is 11.4 Å². The van der Waals surface area contributed by atoms with E-state index in [-0.39, 0.29) is 43.2 Å². The Kier molecular flexibility index (Phi) is 10.1. The molecular weight excluding hydrogens is 364 g/mol. The molecule has 0 fully saturated rings. The predicted molar refractivity (Wildman–Crippen MR) is 106 cm³/mol. The van der Waals surface area contributed by atoms with Gasteiger partial charge in [0.2, 0.25) is 5.91 Å². The van der Waals surface area contributed by atoms with Gasteiger partial charge in [0.1, 0.15) is 5.82 Å². The van der Waals surface area contributed by atoms with Gasteiger partial charge in [-0.25, -0.2) is 4.39 Å². The molecule has 0 saturated carbocycles. The minimum Gasteiger partial charge on any atom is -0.381 e. The van der Waals surface area contributed by atoms with E-state index >= 15 is 0 Å². The summed E-state index contributed by atoms with van der Waals surface area (Å²) in [5.74, 6) is -0.652. The summed E-state index contributed by atoms with van der Waals surface area (Å²) in [5, 5.41) is 5.91. The third kappa shape index (κ3) is 7.30. The molecule has 0 aromatic heterocycles. The van der Waals surface area contributed by atoms with E-state index in [0.717, 1.165) is 5.56 Å². The first-order valence-corrected chi connectivity index (χ1v) is 7.62. The fourth-order valence-electron chi connectivity index (χ4n) is 2.28. The number of amides is 1. The number of hydrogen-bond donors (Lipinski definition) is 3. The third-order valence-electron chi connectivity index (χ3n) is 3.33. The molecule has 25 heavy (non-hydrogen) atoms. The van der Waals surface area contributed by atoms with E-state index in [2.05, 4.69) is 10.6 Å². The molecular formula is C18H24Cl2FN3O. The lowest BCUT2D eigenvalue weighted by atomic mass is 10.0. The summed E-state index contributed by atoms with van der Waals surface area (Å²) in [7, 11) is 0. The van der Waals surface area contributed by atoms with E-state index in [1.165, 1.54) is 12.1 Å². The van der Waals surface area contributed by atoms with Crippen LogP contribution in [-0.4, -0.2) is 11.9 Å².